The van der Waals surface area contributed by atoms with Crippen molar-refractivity contribution in [2.75, 3.05) is 13.2 Å². The minimum Gasteiger partial charge on any atom is -0.493 e. The van der Waals surface area contributed by atoms with Crippen molar-refractivity contribution in [2.45, 2.75) is 13.0 Å². The Morgan fingerprint density at radius 2 is 2.25 bits per heavy atom. The first-order valence-electron chi connectivity index (χ1n) is 5.11. The molecule has 0 aliphatic rings. The summed E-state index contributed by atoms with van der Waals surface area (Å²) in [6.07, 6.45) is 5.15. The molecular formula is C13H14N2O. The van der Waals surface area contributed by atoms with Gasteiger partial charge in [0.15, 0.2) is 0 Å². The van der Waals surface area contributed by atoms with E-state index in [1.807, 2.05) is 31.2 Å². The van der Waals surface area contributed by atoms with Gasteiger partial charge in [-0.3, -0.25) is 5.32 Å². The summed E-state index contributed by atoms with van der Waals surface area (Å²) in [6.45, 7) is 2.84. The lowest BCUT2D eigenvalue weighted by Crippen LogP contribution is -2.20. The van der Waals surface area contributed by atoms with Gasteiger partial charge in [0.25, 0.3) is 0 Å². The van der Waals surface area contributed by atoms with Gasteiger partial charge in [-0.15, -0.1) is 6.42 Å². The van der Waals surface area contributed by atoms with Crippen LogP contribution in [0.3, 0.4) is 0 Å². The number of nitrogens with one attached hydrogen (secondary N) is 1. The van der Waals surface area contributed by atoms with Crippen molar-refractivity contribution in [1.82, 2.24) is 5.32 Å². The third-order valence-corrected chi connectivity index (χ3v) is 2.07. The molecule has 3 heteroatoms. The fourth-order valence-electron chi connectivity index (χ4n) is 1.39. The smallest absolute Gasteiger partial charge is 0.125 e. The summed E-state index contributed by atoms with van der Waals surface area (Å²) in [5.74, 6) is 3.17. The Morgan fingerprint density at radius 3 is 2.88 bits per heavy atom. The first kappa shape index (κ1) is 12.1. The van der Waals surface area contributed by atoms with Crippen LogP contribution in [0.4, 0.5) is 0 Å². The first-order chi connectivity index (χ1) is 7.83. The number of rotatable bonds is 5. The number of terminal acetylenes is 1. The fourth-order valence-corrected chi connectivity index (χ4v) is 1.39. The highest BCUT2D eigenvalue weighted by atomic mass is 16.5. The van der Waals surface area contributed by atoms with Crippen LogP contribution in [0.5, 0.6) is 5.75 Å². The second kappa shape index (κ2) is 6.50. The number of nitrogens with zero attached hydrogens (tertiary/aromatic N) is 1. The SMILES string of the molecule is C#CCNC(C#N)c1ccccc1OCC. The first-order valence-corrected chi connectivity index (χ1v) is 5.11. The maximum Gasteiger partial charge on any atom is 0.125 e. The van der Waals surface area contributed by atoms with Gasteiger partial charge < -0.3 is 4.74 Å². The molecular weight excluding hydrogens is 200 g/mol. The molecule has 1 aromatic carbocycles. The van der Waals surface area contributed by atoms with Crippen molar-refractivity contribution in [3.05, 3.63) is 29.8 Å². The van der Waals surface area contributed by atoms with E-state index in [-0.39, 0.29) is 0 Å². The normalized spacial score (nSPS) is 11.2. The molecule has 1 atom stereocenters. The van der Waals surface area contributed by atoms with E-state index in [4.69, 9.17) is 16.4 Å². The highest BCUT2D eigenvalue weighted by Crippen LogP contribution is 2.24. The van der Waals surface area contributed by atoms with E-state index >= 15 is 0 Å². The summed E-state index contributed by atoms with van der Waals surface area (Å²) in [7, 11) is 0. The monoisotopic (exact) mass is 214 g/mol. The summed E-state index contributed by atoms with van der Waals surface area (Å²) in [5.41, 5.74) is 0.821. The number of benzene rings is 1. The van der Waals surface area contributed by atoms with Gasteiger partial charge in [-0.2, -0.15) is 5.26 Å². The average Bonchev–Trinajstić information content (AvgIpc) is 2.32. The number of ether oxygens (including phenoxy) is 1. The van der Waals surface area contributed by atoms with Gasteiger partial charge in [-0.05, 0) is 13.0 Å². The molecule has 0 bridgehead atoms. The zero-order valence-electron chi connectivity index (χ0n) is 9.23. The molecule has 0 aromatic heterocycles. The molecule has 16 heavy (non-hydrogen) atoms. The molecule has 1 unspecified atom stereocenters. The van der Waals surface area contributed by atoms with Crippen LogP contribution in [-0.4, -0.2) is 13.2 Å². The van der Waals surface area contributed by atoms with Crippen molar-refractivity contribution in [1.29, 1.82) is 5.26 Å². The summed E-state index contributed by atoms with van der Waals surface area (Å²) in [6, 6.07) is 9.20. The predicted octanol–water partition coefficient (Wildman–Crippen LogP) is 1.87. The molecule has 1 aromatic rings. The van der Waals surface area contributed by atoms with Gasteiger partial charge in [0.1, 0.15) is 11.8 Å². The third-order valence-electron chi connectivity index (χ3n) is 2.07. The summed E-state index contributed by atoms with van der Waals surface area (Å²) < 4.78 is 5.46. The average molecular weight is 214 g/mol. The Labute approximate surface area is 96.0 Å². The van der Waals surface area contributed by atoms with E-state index in [1.54, 1.807) is 0 Å². The lowest BCUT2D eigenvalue weighted by atomic mass is 10.1. The Bertz CT molecular complexity index is 415. The molecule has 0 fully saturated rings. The molecule has 82 valence electrons. The lowest BCUT2D eigenvalue weighted by molar-refractivity contribution is 0.334. The highest BCUT2D eigenvalue weighted by Gasteiger charge is 2.13. The van der Waals surface area contributed by atoms with E-state index in [9.17, 15) is 0 Å². The molecule has 1 rings (SSSR count). The molecule has 1 N–H and O–H groups in total. The van der Waals surface area contributed by atoms with Gasteiger partial charge in [0.05, 0.1) is 19.2 Å². The molecule has 0 heterocycles. The molecule has 0 amide bonds. The number of para-hydroxylation sites is 1. The molecule has 0 aliphatic heterocycles. The Balaban J connectivity index is 2.92. The molecule has 0 saturated heterocycles. The van der Waals surface area contributed by atoms with Crippen LogP contribution in [0.15, 0.2) is 24.3 Å². The second-order valence-corrected chi connectivity index (χ2v) is 3.12. The zero-order chi connectivity index (χ0) is 11.8. The summed E-state index contributed by atoms with van der Waals surface area (Å²) in [4.78, 5) is 0. The van der Waals surface area contributed by atoms with E-state index in [0.29, 0.717) is 13.2 Å². The predicted molar refractivity (Wildman–Crippen MR) is 62.8 cm³/mol. The number of hydrogen-bond donors (Lipinski definition) is 1. The van der Waals surface area contributed by atoms with E-state index in [0.717, 1.165) is 11.3 Å². The van der Waals surface area contributed by atoms with E-state index in [1.165, 1.54) is 0 Å². The Kier molecular flexibility index (Phi) is 4.92. The van der Waals surface area contributed by atoms with Crippen molar-refractivity contribution in [3.63, 3.8) is 0 Å². The zero-order valence-corrected chi connectivity index (χ0v) is 9.23. The molecule has 3 nitrogen and oxygen atoms in total. The maximum atomic E-state index is 9.06. The van der Waals surface area contributed by atoms with Gasteiger partial charge in [0, 0.05) is 5.56 Å². The van der Waals surface area contributed by atoms with E-state index in [2.05, 4.69) is 17.3 Å². The maximum absolute atomic E-state index is 9.06. The van der Waals surface area contributed by atoms with Crippen LogP contribution in [0.1, 0.15) is 18.5 Å². The number of hydrogen-bond acceptors (Lipinski definition) is 3. The minimum absolute atomic E-state index is 0.360. The van der Waals surface area contributed by atoms with Crippen LogP contribution >= 0.6 is 0 Å². The van der Waals surface area contributed by atoms with Gasteiger partial charge in [-0.25, -0.2) is 0 Å². The van der Waals surface area contributed by atoms with Crippen molar-refractivity contribution in [3.8, 4) is 24.2 Å². The van der Waals surface area contributed by atoms with Crippen molar-refractivity contribution >= 4 is 0 Å². The van der Waals surface area contributed by atoms with Crippen LogP contribution < -0.4 is 10.1 Å². The minimum atomic E-state index is -0.432. The fraction of sp³-hybridized carbons (Fsp3) is 0.308. The van der Waals surface area contributed by atoms with Crippen molar-refractivity contribution < 1.29 is 4.74 Å². The van der Waals surface area contributed by atoms with Gasteiger partial charge in [0.2, 0.25) is 0 Å². The van der Waals surface area contributed by atoms with Crippen LogP contribution in [0.2, 0.25) is 0 Å². The van der Waals surface area contributed by atoms with Crippen LogP contribution in [0, 0.1) is 23.7 Å². The van der Waals surface area contributed by atoms with E-state index < -0.39 is 6.04 Å². The topological polar surface area (TPSA) is 45.0 Å². The summed E-state index contributed by atoms with van der Waals surface area (Å²) >= 11 is 0. The standard InChI is InChI=1S/C13H14N2O/c1-3-9-15-12(10-14)11-7-5-6-8-13(11)16-4-2/h1,5-8,12,15H,4,9H2,2H3. The van der Waals surface area contributed by atoms with Gasteiger partial charge >= 0.3 is 0 Å². The number of nitriles is 1. The van der Waals surface area contributed by atoms with Crippen LogP contribution in [-0.2, 0) is 0 Å². The third kappa shape index (κ3) is 3.02. The second-order valence-electron chi connectivity index (χ2n) is 3.12. The largest absolute Gasteiger partial charge is 0.493 e. The molecule has 0 saturated carbocycles. The summed E-state index contributed by atoms with van der Waals surface area (Å²) in [5, 5.41) is 12.0. The Hall–Kier alpha value is -1.97. The lowest BCUT2D eigenvalue weighted by Gasteiger charge is -2.14. The Morgan fingerprint density at radius 1 is 1.50 bits per heavy atom. The molecule has 0 aliphatic carbocycles. The van der Waals surface area contributed by atoms with Gasteiger partial charge in [-0.1, -0.05) is 24.1 Å². The quantitative estimate of drug-likeness (QED) is 0.761. The van der Waals surface area contributed by atoms with Crippen LogP contribution in [0.25, 0.3) is 0 Å². The molecule has 0 radical (unpaired) electrons. The van der Waals surface area contributed by atoms with Crippen molar-refractivity contribution in [2.24, 2.45) is 0 Å². The molecule has 0 spiro atoms. The highest BCUT2D eigenvalue weighted by molar-refractivity contribution is 5.38.